The number of carbonyl (C=O) groups excluding carboxylic acids is 2. The highest BCUT2D eigenvalue weighted by Crippen LogP contribution is 2.39. The lowest BCUT2D eigenvalue weighted by molar-refractivity contribution is -0.125. The van der Waals surface area contributed by atoms with Gasteiger partial charge in [0, 0.05) is 6.54 Å². The monoisotopic (exact) mass is 356 g/mol. The summed E-state index contributed by atoms with van der Waals surface area (Å²) in [6.45, 7) is 1.70. The second kappa shape index (κ2) is 7.79. The highest BCUT2D eigenvalue weighted by Gasteiger charge is 2.37. The number of ether oxygens (including phenoxy) is 1. The Balaban J connectivity index is 1.93. The van der Waals surface area contributed by atoms with Crippen LogP contribution in [-0.2, 0) is 20.7 Å². The summed E-state index contributed by atoms with van der Waals surface area (Å²) in [5, 5.41) is 2.27. The number of rotatable bonds is 5. The van der Waals surface area contributed by atoms with Gasteiger partial charge in [-0.3, -0.25) is 14.3 Å². The molecule has 0 bridgehead atoms. The van der Waals surface area contributed by atoms with Gasteiger partial charge >= 0.3 is 13.7 Å². The fraction of sp³-hybridized carbons (Fsp3) is 0.467. The topological polar surface area (TPSA) is 116 Å². The highest BCUT2D eigenvalue weighted by atomic mass is 31.2. The molecule has 132 valence electrons. The molecule has 8 nitrogen and oxygen atoms in total. The molecule has 1 aliphatic heterocycles. The molecule has 2 rings (SSSR count). The summed E-state index contributed by atoms with van der Waals surface area (Å²) in [6, 6.07) is 8.39. The molecule has 1 saturated heterocycles. The van der Waals surface area contributed by atoms with Crippen LogP contribution in [0.25, 0.3) is 0 Å². The molecular formula is C15H21N2O6P. The maximum Gasteiger partial charge on any atom is 0.410 e. The van der Waals surface area contributed by atoms with Crippen LogP contribution in [0.15, 0.2) is 30.3 Å². The molecule has 0 radical (unpaired) electrons. The first kappa shape index (κ1) is 18.4. The van der Waals surface area contributed by atoms with Crippen molar-refractivity contribution < 1.29 is 28.7 Å². The third-order valence-electron chi connectivity index (χ3n) is 3.85. The summed E-state index contributed by atoms with van der Waals surface area (Å²) in [7, 11) is -4.41. The van der Waals surface area contributed by atoms with Gasteiger partial charge in [0.15, 0.2) is 0 Å². The number of likely N-dealkylation sites (tertiary alicyclic amines) is 1. The lowest BCUT2D eigenvalue weighted by Crippen LogP contribution is -2.48. The second-order valence-corrected chi connectivity index (χ2v) is 7.62. The summed E-state index contributed by atoms with van der Waals surface area (Å²) in [4.78, 5) is 43.8. The SMILES string of the molecule is C[C@H](NC(=O)[C@@H]1CCCN1C(=O)OCc1ccccc1)P(=O)(O)O. The van der Waals surface area contributed by atoms with E-state index >= 15 is 0 Å². The number of nitrogens with zero attached hydrogens (tertiary/aromatic N) is 1. The van der Waals surface area contributed by atoms with Gasteiger partial charge in [0.25, 0.3) is 0 Å². The predicted molar refractivity (Wildman–Crippen MR) is 86.0 cm³/mol. The Morgan fingerprint density at radius 2 is 2.04 bits per heavy atom. The second-order valence-electron chi connectivity index (χ2n) is 5.67. The molecule has 2 amide bonds. The normalized spacial score (nSPS) is 19.0. The van der Waals surface area contributed by atoms with Gasteiger partial charge in [0.05, 0.1) is 0 Å². The van der Waals surface area contributed by atoms with E-state index in [1.807, 2.05) is 30.3 Å². The van der Waals surface area contributed by atoms with Gasteiger partial charge in [-0.25, -0.2) is 4.79 Å². The molecule has 1 aromatic rings. The molecule has 0 aromatic heterocycles. The van der Waals surface area contributed by atoms with Crippen molar-refractivity contribution in [2.45, 2.75) is 38.2 Å². The van der Waals surface area contributed by atoms with Crippen LogP contribution in [0.1, 0.15) is 25.3 Å². The van der Waals surface area contributed by atoms with Crippen molar-refractivity contribution in [3.8, 4) is 0 Å². The Kier molecular flexibility index (Phi) is 5.99. The molecule has 1 heterocycles. The van der Waals surface area contributed by atoms with Crippen molar-refractivity contribution >= 4 is 19.6 Å². The Hall–Kier alpha value is -1.89. The minimum absolute atomic E-state index is 0.101. The van der Waals surface area contributed by atoms with Gasteiger partial charge in [-0.15, -0.1) is 0 Å². The van der Waals surface area contributed by atoms with E-state index in [0.717, 1.165) is 5.56 Å². The van der Waals surface area contributed by atoms with E-state index in [1.165, 1.54) is 11.8 Å². The molecule has 2 atom stereocenters. The van der Waals surface area contributed by atoms with Gasteiger partial charge in [0.2, 0.25) is 5.91 Å². The molecular weight excluding hydrogens is 335 g/mol. The van der Waals surface area contributed by atoms with Crippen molar-refractivity contribution in [1.82, 2.24) is 10.2 Å². The van der Waals surface area contributed by atoms with Crippen LogP contribution >= 0.6 is 7.60 Å². The summed E-state index contributed by atoms with van der Waals surface area (Å²) in [5.41, 5.74) is 0.834. The Labute approximate surface area is 140 Å². The third kappa shape index (κ3) is 4.80. The molecule has 0 saturated carbocycles. The van der Waals surface area contributed by atoms with Crippen molar-refractivity contribution in [2.24, 2.45) is 0 Å². The molecule has 9 heteroatoms. The number of carbonyl (C=O) groups is 2. The summed E-state index contributed by atoms with van der Waals surface area (Å²) in [5.74, 6) is -1.88. The van der Waals surface area contributed by atoms with Crippen LogP contribution in [0.2, 0.25) is 0 Å². The van der Waals surface area contributed by atoms with E-state index in [4.69, 9.17) is 14.5 Å². The fourth-order valence-corrected chi connectivity index (χ4v) is 2.74. The Bertz CT molecular complexity index is 632. The van der Waals surface area contributed by atoms with Gasteiger partial charge in [-0.05, 0) is 25.3 Å². The zero-order chi connectivity index (χ0) is 17.7. The van der Waals surface area contributed by atoms with Gasteiger partial charge < -0.3 is 19.8 Å². The molecule has 0 aliphatic carbocycles. The quantitative estimate of drug-likeness (QED) is 0.687. The molecule has 1 aliphatic rings. The predicted octanol–water partition coefficient (Wildman–Crippen LogP) is 1.43. The van der Waals surface area contributed by atoms with Crippen LogP contribution in [0, 0.1) is 0 Å². The minimum Gasteiger partial charge on any atom is -0.445 e. The maximum atomic E-state index is 12.2. The molecule has 1 aromatic carbocycles. The third-order valence-corrected chi connectivity index (χ3v) is 4.99. The number of nitrogens with one attached hydrogen (secondary N) is 1. The van der Waals surface area contributed by atoms with Gasteiger partial charge in [-0.2, -0.15) is 0 Å². The molecule has 0 spiro atoms. The zero-order valence-corrected chi connectivity index (χ0v) is 14.2. The Morgan fingerprint density at radius 3 is 2.67 bits per heavy atom. The smallest absolute Gasteiger partial charge is 0.410 e. The Morgan fingerprint density at radius 1 is 1.38 bits per heavy atom. The average molecular weight is 356 g/mol. The molecule has 1 fully saturated rings. The zero-order valence-electron chi connectivity index (χ0n) is 13.3. The fourth-order valence-electron chi connectivity index (χ4n) is 2.45. The first-order valence-corrected chi connectivity index (χ1v) is 9.30. The van der Waals surface area contributed by atoms with E-state index in [0.29, 0.717) is 19.4 Å². The van der Waals surface area contributed by atoms with E-state index in [9.17, 15) is 14.2 Å². The number of amides is 2. The number of benzene rings is 1. The van der Waals surface area contributed by atoms with Crippen LogP contribution in [0.4, 0.5) is 4.79 Å². The van der Waals surface area contributed by atoms with Crippen LogP contribution in [0.3, 0.4) is 0 Å². The van der Waals surface area contributed by atoms with Crippen molar-refractivity contribution in [2.75, 3.05) is 6.54 Å². The lowest BCUT2D eigenvalue weighted by Gasteiger charge is -2.25. The molecule has 3 N–H and O–H groups in total. The highest BCUT2D eigenvalue weighted by molar-refractivity contribution is 7.52. The van der Waals surface area contributed by atoms with E-state index in [-0.39, 0.29) is 6.61 Å². The maximum absolute atomic E-state index is 12.2. The summed E-state index contributed by atoms with van der Waals surface area (Å²) < 4.78 is 16.3. The van der Waals surface area contributed by atoms with Crippen LogP contribution in [0.5, 0.6) is 0 Å². The van der Waals surface area contributed by atoms with Crippen LogP contribution < -0.4 is 5.32 Å². The van der Waals surface area contributed by atoms with E-state index < -0.39 is 31.4 Å². The van der Waals surface area contributed by atoms with Gasteiger partial charge in [0.1, 0.15) is 18.4 Å². The first-order valence-electron chi connectivity index (χ1n) is 7.62. The molecule has 0 unspecified atom stereocenters. The number of hydrogen-bond donors (Lipinski definition) is 3. The molecule has 24 heavy (non-hydrogen) atoms. The van der Waals surface area contributed by atoms with Crippen molar-refractivity contribution in [3.63, 3.8) is 0 Å². The number of hydrogen-bond acceptors (Lipinski definition) is 4. The van der Waals surface area contributed by atoms with Crippen LogP contribution in [-0.4, -0.2) is 45.1 Å². The summed E-state index contributed by atoms with van der Waals surface area (Å²) in [6.07, 6.45) is 0.448. The lowest BCUT2D eigenvalue weighted by atomic mass is 10.2. The van der Waals surface area contributed by atoms with E-state index in [1.54, 1.807) is 0 Å². The largest absolute Gasteiger partial charge is 0.445 e. The minimum atomic E-state index is -4.41. The van der Waals surface area contributed by atoms with E-state index in [2.05, 4.69) is 5.32 Å². The standard InChI is InChI=1S/C15H21N2O6P/c1-11(24(20,21)22)16-14(18)13-8-5-9-17(13)15(19)23-10-12-6-3-2-4-7-12/h2-4,6-7,11,13H,5,8-10H2,1H3,(H,16,18)(H2,20,21,22)/t11-,13+/m1/s1. The van der Waals surface area contributed by atoms with Gasteiger partial charge in [-0.1, -0.05) is 30.3 Å². The first-order chi connectivity index (χ1) is 11.3. The summed E-state index contributed by atoms with van der Waals surface area (Å²) >= 11 is 0. The average Bonchev–Trinajstić information content (AvgIpc) is 3.02. The van der Waals surface area contributed by atoms with Crippen molar-refractivity contribution in [3.05, 3.63) is 35.9 Å². The van der Waals surface area contributed by atoms with Crippen molar-refractivity contribution in [1.29, 1.82) is 0 Å².